The van der Waals surface area contributed by atoms with E-state index in [2.05, 4.69) is 44.5 Å². The van der Waals surface area contributed by atoms with Gasteiger partial charge >= 0.3 is 0 Å². The van der Waals surface area contributed by atoms with Gasteiger partial charge in [-0.3, -0.25) is 19.1 Å². The minimum absolute atomic E-state index is 0.0836. The quantitative estimate of drug-likeness (QED) is 0.466. The van der Waals surface area contributed by atoms with Gasteiger partial charge in [0.05, 0.1) is 0 Å². The third kappa shape index (κ3) is 5.00. The summed E-state index contributed by atoms with van der Waals surface area (Å²) in [7, 11) is 0. The number of benzene rings is 2. The molecule has 35 heavy (non-hydrogen) atoms. The Kier molecular flexibility index (Phi) is 6.68. The number of hydrogen-bond donors (Lipinski definition) is 1. The topological polar surface area (TPSA) is 80.1 Å². The van der Waals surface area contributed by atoms with Crippen molar-refractivity contribution in [3.63, 3.8) is 0 Å². The van der Waals surface area contributed by atoms with Crippen molar-refractivity contribution in [1.29, 1.82) is 0 Å². The molecule has 1 aliphatic heterocycles. The van der Waals surface area contributed by atoms with Crippen molar-refractivity contribution in [1.82, 2.24) is 24.8 Å². The number of carbonyl (C=O) groups excluding carboxylic acids is 1. The van der Waals surface area contributed by atoms with Crippen molar-refractivity contribution < 1.29 is 4.79 Å². The third-order valence-corrected chi connectivity index (χ3v) is 6.61. The standard InChI is InChI=1S/C28H29N5O2/c1-2-33-26-24(9-6-16-29-26)31-25(28(33)35)21-10-12-22(13-11-21)27(34)30-23-14-17-32(18-15-23)19-20-7-4-3-5-8-20/h3-13,16,23H,2,14-15,17-19H2,1H3,(H,30,34). The van der Waals surface area contributed by atoms with Crippen LogP contribution >= 0.6 is 0 Å². The van der Waals surface area contributed by atoms with Crippen molar-refractivity contribution in [2.75, 3.05) is 13.1 Å². The van der Waals surface area contributed by atoms with Gasteiger partial charge in [0.1, 0.15) is 11.2 Å². The fraction of sp³-hybridized carbons (Fsp3) is 0.286. The Balaban J connectivity index is 1.24. The normalized spacial score (nSPS) is 14.8. The lowest BCUT2D eigenvalue weighted by Gasteiger charge is -2.32. The lowest BCUT2D eigenvalue weighted by atomic mass is 10.0. The molecule has 0 atom stereocenters. The zero-order valence-corrected chi connectivity index (χ0v) is 19.9. The summed E-state index contributed by atoms with van der Waals surface area (Å²) in [6, 6.07) is 21.4. The maximum atomic E-state index is 13.0. The van der Waals surface area contributed by atoms with Gasteiger partial charge in [-0.1, -0.05) is 42.5 Å². The zero-order chi connectivity index (χ0) is 24.2. The highest BCUT2D eigenvalue weighted by Gasteiger charge is 2.21. The second-order valence-corrected chi connectivity index (χ2v) is 8.94. The molecule has 0 bridgehead atoms. The summed E-state index contributed by atoms with van der Waals surface area (Å²) in [4.78, 5) is 37.2. The molecule has 2 aromatic heterocycles. The van der Waals surface area contributed by atoms with E-state index in [0.29, 0.717) is 34.5 Å². The first-order chi connectivity index (χ1) is 17.1. The van der Waals surface area contributed by atoms with Crippen molar-refractivity contribution in [2.45, 2.75) is 38.9 Å². The molecule has 0 saturated carbocycles. The molecule has 0 aliphatic carbocycles. The highest BCUT2D eigenvalue weighted by molar-refractivity contribution is 5.94. The Morgan fingerprint density at radius 2 is 1.74 bits per heavy atom. The van der Waals surface area contributed by atoms with Gasteiger partial charge in [-0.25, -0.2) is 9.97 Å². The minimum atomic E-state index is -0.182. The summed E-state index contributed by atoms with van der Waals surface area (Å²) < 4.78 is 1.63. The van der Waals surface area contributed by atoms with Crippen LogP contribution < -0.4 is 10.9 Å². The molecule has 4 aromatic rings. The number of aromatic nitrogens is 3. The number of hydrogen-bond acceptors (Lipinski definition) is 5. The van der Waals surface area contributed by atoms with E-state index in [1.165, 1.54) is 5.56 Å². The first kappa shape index (κ1) is 22.9. The molecule has 0 spiro atoms. The Morgan fingerprint density at radius 3 is 2.46 bits per heavy atom. The van der Waals surface area contributed by atoms with Crippen LogP contribution in [0.5, 0.6) is 0 Å². The first-order valence-electron chi connectivity index (χ1n) is 12.2. The molecule has 2 aromatic carbocycles. The average Bonchev–Trinajstić information content (AvgIpc) is 2.90. The van der Waals surface area contributed by atoms with Gasteiger partial charge in [0, 0.05) is 49.5 Å². The number of fused-ring (bicyclic) bond motifs is 1. The van der Waals surface area contributed by atoms with Crippen molar-refractivity contribution in [3.8, 4) is 11.3 Å². The monoisotopic (exact) mass is 467 g/mol. The molecule has 3 heterocycles. The first-order valence-corrected chi connectivity index (χ1v) is 12.2. The summed E-state index contributed by atoms with van der Waals surface area (Å²) in [5.41, 5.74) is 4.02. The molecule has 1 saturated heterocycles. The zero-order valence-electron chi connectivity index (χ0n) is 19.9. The Morgan fingerprint density at radius 1 is 1.00 bits per heavy atom. The van der Waals surface area contributed by atoms with Crippen molar-refractivity contribution in [2.24, 2.45) is 0 Å². The highest BCUT2D eigenvalue weighted by Crippen LogP contribution is 2.19. The van der Waals surface area contributed by atoms with E-state index in [4.69, 9.17) is 0 Å². The van der Waals surface area contributed by atoms with Gasteiger partial charge in [0.2, 0.25) is 0 Å². The molecule has 1 fully saturated rings. The SMILES string of the molecule is CCn1c(=O)c(-c2ccc(C(=O)NC3CCN(Cc4ccccc4)CC3)cc2)nc2cccnc21. The van der Waals surface area contributed by atoms with Gasteiger partial charge in [0.25, 0.3) is 11.5 Å². The maximum absolute atomic E-state index is 13.0. The van der Waals surface area contributed by atoms with Crippen LogP contribution in [0, 0.1) is 0 Å². The second-order valence-electron chi connectivity index (χ2n) is 8.94. The predicted octanol–water partition coefficient (Wildman–Crippen LogP) is 3.87. The number of piperidine rings is 1. The van der Waals surface area contributed by atoms with Gasteiger partial charge < -0.3 is 5.32 Å². The van der Waals surface area contributed by atoms with Crippen LogP contribution in [-0.2, 0) is 13.1 Å². The van der Waals surface area contributed by atoms with E-state index in [9.17, 15) is 9.59 Å². The molecule has 0 radical (unpaired) electrons. The molecule has 178 valence electrons. The fourth-order valence-electron chi connectivity index (χ4n) is 4.68. The largest absolute Gasteiger partial charge is 0.349 e. The van der Waals surface area contributed by atoms with Gasteiger partial charge in [-0.15, -0.1) is 0 Å². The molecular weight excluding hydrogens is 438 g/mol. The summed E-state index contributed by atoms with van der Waals surface area (Å²) in [5.74, 6) is -0.0836. The molecule has 7 nitrogen and oxygen atoms in total. The number of pyridine rings is 1. The number of nitrogens with one attached hydrogen (secondary N) is 1. The van der Waals surface area contributed by atoms with Gasteiger partial charge in [-0.05, 0) is 49.6 Å². The summed E-state index contributed by atoms with van der Waals surface area (Å²) in [5, 5.41) is 3.18. The van der Waals surface area contributed by atoms with E-state index in [0.717, 1.165) is 32.5 Å². The van der Waals surface area contributed by atoms with E-state index in [1.807, 2.05) is 25.1 Å². The maximum Gasteiger partial charge on any atom is 0.278 e. The van der Waals surface area contributed by atoms with Crippen LogP contribution in [0.15, 0.2) is 77.7 Å². The van der Waals surface area contributed by atoms with Crippen LogP contribution in [0.4, 0.5) is 0 Å². The molecular formula is C28H29N5O2. The molecule has 0 unspecified atom stereocenters. The summed E-state index contributed by atoms with van der Waals surface area (Å²) in [6.07, 6.45) is 3.53. The van der Waals surface area contributed by atoms with Gasteiger partial charge in [-0.2, -0.15) is 0 Å². The number of rotatable bonds is 6. The fourth-order valence-corrected chi connectivity index (χ4v) is 4.68. The van der Waals surface area contributed by atoms with E-state index < -0.39 is 0 Å². The molecule has 1 N–H and O–H groups in total. The van der Waals surface area contributed by atoms with Crippen LogP contribution in [0.25, 0.3) is 22.4 Å². The molecule has 1 amide bonds. The van der Waals surface area contributed by atoms with Crippen molar-refractivity contribution >= 4 is 17.1 Å². The number of carbonyl (C=O) groups is 1. The minimum Gasteiger partial charge on any atom is -0.349 e. The Bertz CT molecular complexity index is 1370. The lowest BCUT2D eigenvalue weighted by Crippen LogP contribution is -2.44. The van der Waals surface area contributed by atoms with Crippen LogP contribution in [0.3, 0.4) is 0 Å². The molecule has 1 aliphatic rings. The highest BCUT2D eigenvalue weighted by atomic mass is 16.1. The molecule has 5 rings (SSSR count). The van der Waals surface area contributed by atoms with E-state index in [-0.39, 0.29) is 17.5 Å². The lowest BCUT2D eigenvalue weighted by molar-refractivity contribution is 0.0909. The van der Waals surface area contributed by atoms with Crippen LogP contribution in [-0.4, -0.2) is 44.5 Å². The average molecular weight is 468 g/mol. The number of amides is 1. The number of nitrogens with zero attached hydrogens (tertiary/aromatic N) is 4. The van der Waals surface area contributed by atoms with Crippen LogP contribution in [0.1, 0.15) is 35.7 Å². The number of likely N-dealkylation sites (tertiary alicyclic amines) is 1. The van der Waals surface area contributed by atoms with E-state index >= 15 is 0 Å². The number of aryl methyl sites for hydroxylation is 1. The Hall–Kier alpha value is -3.84. The summed E-state index contributed by atoms with van der Waals surface area (Å²) in [6.45, 7) is 5.29. The predicted molar refractivity (Wildman–Crippen MR) is 137 cm³/mol. The molecule has 7 heteroatoms. The Labute approximate surface area is 204 Å². The smallest absolute Gasteiger partial charge is 0.278 e. The second kappa shape index (κ2) is 10.2. The van der Waals surface area contributed by atoms with Crippen LogP contribution in [0.2, 0.25) is 0 Å². The van der Waals surface area contributed by atoms with E-state index in [1.54, 1.807) is 35.0 Å². The van der Waals surface area contributed by atoms with Gasteiger partial charge in [0.15, 0.2) is 5.65 Å². The third-order valence-electron chi connectivity index (χ3n) is 6.61. The summed E-state index contributed by atoms with van der Waals surface area (Å²) >= 11 is 0. The van der Waals surface area contributed by atoms with Crippen molar-refractivity contribution in [3.05, 3.63) is 94.4 Å².